The summed E-state index contributed by atoms with van der Waals surface area (Å²) in [7, 11) is 0. The number of aliphatic hydroxyl groups excluding tert-OH is 2. The van der Waals surface area contributed by atoms with Gasteiger partial charge in [-0.25, -0.2) is 13.7 Å². The number of hydrogen-bond donors (Lipinski definition) is 2. The van der Waals surface area contributed by atoms with E-state index in [4.69, 9.17) is 10.00 Å². The average Bonchev–Trinajstić information content (AvgIpc) is 3.02. The number of aliphatic hydroxyl groups is 2. The number of ether oxygens (including phenoxy) is 1. The second-order valence-corrected chi connectivity index (χ2v) is 10.6. The fraction of sp³-hybridized carbons (Fsp3) is 0.194. The number of carbonyl (C=O) groups is 1. The Hall–Kier alpha value is -4.27. The van der Waals surface area contributed by atoms with Crippen molar-refractivity contribution in [2.24, 2.45) is 0 Å². The highest BCUT2D eigenvalue weighted by molar-refractivity contribution is 7.97. The number of piperazine rings is 1. The Morgan fingerprint density at radius 2 is 1.68 bits per heavy atom. The van der Waals surface area contributed by atoms with E-state index in [1.54, 1.807) is 53.2 Å². The molecule has 208 valence electrons. The number of carbonyl (C=O) groups excluding carboxylic acids is 1. The predicted molar refractivity (Wildman–Crippen MR) is 153 cm³/mol. The van der Waals surface area contributed by atoms with Crippen molar-refractivity contribution in [2.45, 2.75) is 11.0 Å². The fourth-order valence-corrected chi connectivity index (χ4v) is 5.32. The predicted octanol–water partition coefficient (Wildman–Crippen LogP) is 5.04. The lowest BCUT2D eigenvalue weighted by molar-refractivity contribution is 0.0696. The standard InChI is InChI=1S/C31H27FN4O4S/c32-24-6-10-26(11-7-24)40-25-8-4-22(5-9-25)28-17-23(30(38)20-37)18-29(34-28)31(39)35-12-14-36(15-13-35)41-27-3-1-2-21(16-27)19-33/h1-11,16-18,30,37-38H,12-15,20H2. The van der Waals surface area contributed by atoms with Crippen molar-refractivity contribution in [1.82, 2.24) is 14.2 Å². The summed E-state index contributed by atoms with van der Waals surface area (Å²) in [6.07, 6.45) is -1.16. The number of benzene rings is 3. The van der Waals surface area contributed by atoms with Crippen LogP contribution in [-0.4, -0.2) is 63.1 Å². The van der Waals surface area contributed by atoms with E-state index in [2.05, 4.69) is 15.4 Å². The van der Waals surface area contributed by atoms with Crippen LogP contribution in [0.15, 0.2) is 89.8 Å². The maximum Gasteiger partial charge on any atom is 0.272 e. The maximum atomic E-state index is 13.5. The van der Waals surface area contributed by atoms with E-state index in [-0.39, 0.29) is 17.4 Å². The molecule has 1 aliphatic heterocycles. The first kappa shape index (κ1) is 28.3. The van der Waals surface area contributed by atoms with Crippen LogP contribution >= 0.6 is 11.9 Å². The van der Waals surface area contributed by atoms with E-state index in [0.717, 1.165) is 4.90 Å². The van der Waals surface area contributed by atoms with Crippen molar-refractivity contribution in [3.63, 3.8) is 0 Å². The van der Waals surface area contributed by atoms with Crippen molar-refractivity contribution in [2.75, 3.05) is 32.8 Å². The first-order valence-corrected chi connectivity index (χ1v) is 13.8. The van der Waals surface area contributed by atoms with E-state index >= 15 is 0 Å². The Morgan fingerprint density at radius 3 is 2.34 bits per heavy atom. The third-order valence-electron chi connectivity index (χ3n) is 6.55. The van der Waals surface area contributed by atoms with Gasteiger partial charge in [-0.1, -0.05) is 6.07 Å². The van der Waals surface area contributed by atoms with Crippen LogP contribution in [0.4, 0.5) is 4.39 Å². The maximum absolute atomic E-state index is 13.5. The Balaban J connectivity index is 1.30. The van der Waals surface area contributed by atoms with Gasteiger partial charge in [0, 0.05) is 36.6 Å². The molecule has 0 aliphatic carbocycles. The molecule has 1 aromatic heterocycles. The Kier molecular flexibility index (Phi) is 8.91. The third-order valence-corrected chi connectivity index (χ3v) is 7.64. The lowest BCUT2D eigenvalue weighted by Gasteiger charge is -2.33. The van der Waals surface area contributed by atoms with Gasteiger partial charge in [-0.3, -0.25) is 4.79 Å². The van der Waals surface area contributed by atoms with Gasteiger partial charge < -0.3 is 19.8 Å². The molecule has 41 heavy (non-hydrogen) atoms. The van der Waals surface area contributed by atoms with E-state index < -0.39 is 12.7 Å². The monoisotopic (exact) mass is 570 g/mol. The molecule has 1 saturated heterocycles. The zero-order chi connectivity index (χ0) is 28.8. The molecule has 2 heterocycles. The Labute approximate surface area is 241 Å². The highest BCUT2D eigenvalue weighted by atomic mass is 32.2. The van der Waals surface area contributed by atoms with Crippen LogP contribution in [0, 0.1) is 17.1 Å². The SMILES string of the molecule is N#Cc1cccc(SN2CCN(C(=O)c3cc(C(O)CO)cc(-c4ccc(Oc5ccc(F)cc5)cc4)n3)CC2)c1. The fourth-order valence-electron chi connectivity index (χ4n) is 4.36. The van der Waals surface area contributed by atoms with E-state index in [1.165, 1.54) is 30.3 Å². The number of nitrogens with zero attached hydrogens (tertiary/aromatic N) is 4. The minimum Gasteiger partial charge on any atom is -0.457 e. The molecule has 0 bridgehead atoms. The van der Waals surface area contributed by atoms with Gasteiger partial charge in [0.1, 0.15) is 29.1 Å². The molecule has 4 aromatic rings. The summed E-state index contributed by atoms with van der Waals surface area (Å²) in [4.78, 5) is 20.8. The molecule has 3 aromatic carbocycles. The smallest absolute Gasteiger partial charge is 0.272 e. The van der Waals surface area contributed by atoms with Gasteiger partial charge in [0.15, 0.2) is 0 Å². The van der Waals surface area contributed by atoms with Gasteiger partial charge in [0.25, 0.3) is 5.91 Å². The Morgan fingerprint density at radius 1 is 1.00 bits per heavy atom. The lowest BCUT2D eigenvalue weighted by atomic mass is 10.0. The first-order chi connectivity index (χ1) is 19.9. The summed E-state index contributed by atoms with van der Waals surface area (Å²) in [5, 5.41) is 29.1. The minimum atomic E-state index is -1.16. The Bertz CT molecular complexity index is 1550. The molecule has 10 heteroatoms. The first-order valence-electron chi connectivity index (χ1n) is 13.0. The van der Waals surface area contributed by atoms with Crippen molar-refractivity contribution in [3.05, 3.63) is 108 Å². The summed E-state index contributed by atoms with van der Waals surface area (Å²) < 4.78 is 21.1. The second-order valence-electron chi connectivity index (χ2n) is 9.40. The molecule has 0 radical (unpaired) electrons. The summed E-state index contributed by atoms with van der Waals surface area (Å²) >= 11 is 1.56. The van der Waals surface area contributed by atoms with Gasteiger partial charge in [-0.2, -0.15) is 5.26 Å². The summed E-state index contributed by atoms with van der Waals surface area (Å²) in [6.45, 7) is 1.75. The molecule has 1 unspecified atom stereocenters. The van der Waals surface area contributed by atoms with Gasteiger partial charge in [-0.15, -0.1) is 0 Å². The molecule has 0 saturated carbocycles. The summed E-state index contributed by atoms with van der Waals surface area (Å²) in [5.74, 6) is 0.425. The molecule has 1 amide bonds. The van der Waals surface area contributed by atoms with Crippen molar-refractivity contribution in [1.29, 1.82) is 5.26 Å². The van der Waals surface area contributed by atoms with E-state index in [0.29, 0.717) is 60.1 Å². The molecular formula is C31H27FN4O4S. The highest BCUT2D eigenvalue weighted by Gasteiger charge is 2.25. The topological polar surface area (TPSA) is 110 Å². The quantitative estimate of drug-likeness (QED) is 0.284. The number of nitriles is 1. The summed E-state index contributed by atoms with van der Waals surface area (Å²) in [6, 6.07) is 25.5. The van der Waals surface area contributed by atoms with Gasteiger partial charge in [0.05, 0.1) is 23.9 Å². The van der Waals surface area contributed by atoms with Crippen molar-refractivity contribution in [3.8, 4) is 28.8 Å². The number of rotatable bonds is 8. The van der Waals surface area contributed by atoms with Crippen LogP contribution in [0.3, 0.4) is 0 Å². The molecule has 2 N–H and O–H groups in total. The number of aromatic nitrogens is 1. The van der Waals surface area contributed by atoms with E-state index in [1.807, 2.05) is 18.2 Å². The van der Waals surface area contributed by atoms with Crippen molar-refractivity contribution >= 4 is 17.9 Å². The molecular weight excluding hydrogens is 543 g/mol. The van der Waals surface area contributed by atoms with Gasteiger partial charge in [-0.05, 0) is 96.4 Å². The van der Waals surface area contributed by atoms with Crippen LogP contribution in [0.5, 0.6) is 11.5 Å². The molecule has 1 atom stereocenters. The van der Waals surface area contributed by atoms with Crippen LogP contribution in [0.2, 0.25) is 0 Å². The normalized spacial score (nSPS) is 14.3. The van der Waals surface area contributed by atoms with Crippen LogP contribution in [0.1, 0.15) is 27.7 Å². The summed E-state index contributed by atoms with van der Waals surface area (Å²) in [5.41, 5.74) is 2.33. The molecule has 0 spiro atoms. The largest absolute Gasteiger partial charge is 0.457 e. The minimum absolute atomic E-state index is 0.180. The molecule has 1 aliphatic rings. The average molecular weight is 571 g/mol. The second kappa shape index (κ2) is 12.9. The highest BCUT2D eigenvalue weighted by Crippen LogP contribution is 2.29. The number of amides is 1. The molecule has 1 fully saturated rings. The van der Waals surface area contributed by atoms with Crippen molar-refractivity contribution < 1.29 is 24.1 Å². The zero-order valence-corrected chi connectivity index (χ0v) is 22.8. The van der Waals surface area contributed by atoms with E-state index in [9.17, 15) is 19.4 Å². The van der Waals surface area contributed by atoms with Gasteiger partial charge >= 0.3 is 0 Å². The molecule has 8 nitrogen and oxygen atoms in total. The number of halogens is 1. The third kappa shape index (κ3) is 7.09. The number of pyridine rings is 1. The van der Waals surface area contributed by atoms with Crippen LogP contribution < -0.4 is 4.74 Å². The zero-order valence-electron chi connectivity index (χ0n) is 22.0. The van der Waals surface area contributed by atoms with Crippen LogP contribution in [0.25, 0.3) is 11.3 Å². The lowest BCUT2D eigenvalue weighted by Crippen LogP contribution is -2.46. The number of hydrogen-bond acceptors (Lipinski definition) is 8. The van der Waals surface area contributed by atoms with Gasteiger partial charge in [0.2, 0.25) is 0 Å². The van der Waals surface area contributed by atoms with Crippen LogP contribution in [-0.2, 0) is 0 Å². The molecule has 5 rings (SSSR count).